The summed E-state index contributed by atoms with van der Waals surface area (Å²) in [7, 11) is 1.96. The summed E-state index contributed by atoms with van der Waals surface area (Å²) in [4.78, 5) is 15.6. The van der Waals surface area contributed by atoms with Crippen molar-refractivity contribution in [3.63, 3.8) is 0 Å². The maximum Gasteiger partial charge on any atom is 0.416 e. The van der Waals surface area contributed by atoms with Crippen LogP contribution in [0.4, 0.5) is 23.7 Å². The highest BCUT2D eigenvalue weighted by Gasteiger charge is 2.30. The molecule has 0 spiro atoms. The summed E-state index contributed by atoms with van der Waals surface area (Å²) in [6.45, 7) is 2.66. The Kier molecular flexibility index (Phi) is 4.17. The lowest BCUT2D eigenvalue weighted by Gasteiger charge is -2.32. The van der Waals surface area contributed by atoms with Crippen LogP contribution in [-0.4, -0.2) is 49.1 Å². The Hall–Kier alpha value is -1.76. The number of carbonyl (C=O) groups excluding carboxylic acids is 1. The molecule has 0 radical (unpaired) electrons. The molecular weight excluding hydrogens is 271 g/mol. The van der Waals surface area contributed by atoms with Gasteiger partial charge in [0.1, 0.15) is 0 Å². The number of hydrogen-bond acceptors (Lipinski definition) is 2. The van der Waals surface area contributed by atoms with E-state index in [0.29, 0.717) is 13.1 Å². The lowest BCUT2D eigenvalue weighted by molar-refractivity contribution is -0.137. The Morgan fingerprint density at radius 1 is 1.20 bits per heavy atom. The lowest BCUT2D eigenvalue weighted by atomic mass is 10.2. The fourth-order valence-electron chi connectivity index (χ4n) is 1.99. The van der Waals surface area contributed by atoms with Crippen LogP contribution in [0.1, 0.15) is 5.56 Å². The second kappa shape index (κ2) is 5.70. The second-order valence-corrected chi connectivity index (χ2v) is 4.80. The van der Waals surface area contributed by atoms with Crippen molar-refractivity contribution in [1.82, 2.24) is 9.80 Å². The zero-order chi connectivity index (χ0) is 14.8. The Balaban J connectivity index is 2.01. The highest BCUT2D eigenvalue weighted by Crippen LogP contribution is 2.30. The minimum absolute atomic E-state index is 0.156. The van der Waals surface area contributed by atoms with E-state index < -0.39 is 11.7 Å². The van der Waals surface area contributed by atoms with Gasteiger partial charge in [-0.05, 0) is 25.2 Å². The molecule has 1 aliphatic heterocycles. The van der Waals surface area contributed by atoms with Crippen LogP contribution in [0.5, 0.6) is 0 Å². The van der Waals surface area contributed by atoms with Gasteiger partial charge in [-0.15, -0.1) is 0 Å². The summed E-state index contributed by atoms with van der Waals surface area (Å²) >= 11 is 0. The number of rotatable bonds is 1. The van der Waals surface area contributed by atoms with Crippen LogP contribution in [0.2, 0.25) is 0 Å². The number of carbonyl (C=O) groups is 1. The van der Waals surface area contributed by atoms with Gasteiger partial charge in [0.25, 0.3) is 0 Å². The summed E-state index contributed by atoms with van der Waals surface area (Å²) in [5.41, 5.74) is -0.613. The third-order valence-corrected chi connectivity index (χ3v) is 3.23. The van der Waals surface area contributed by atoms with E-state index in [-0.39, 0.29) is 11.7 Å². The molecule has 1 aromatic carbocycles. The van der Waals surface area contributed by atoms with Crippen molar-refractivity contribution < 1.29 is 18.0 Å². The van der Waals surface area contributed by atoms with Gasteiger partial charge in [0.05, 0.1) is 5.56 Å². The van der Waals surface area contributed by atoms with E-state index in [1.165, 1.54) is 12.1 Å². The normalized spacial score (nSPS) is 17.1. The summed E-state index contributed by atoms with van der Waals surface area (Å²) < 4.78 is 37.7. The standard InChI is InChI=1S/C13H16F3N3O/c1-18-5-7-19(8-6-18)12(20)17-11-4-2-3-10(9-11)13(14,15)16/h2-4,9H,5-8H2,1H3,(H,17,20). The first-order chi connectivity index (χ1) is 9.36. The van der Waals surface area contributed by atoms with Crippen LogP contribution in [0.25, 0.3) is 0 Å². The topological polar surface area (TPSA) is 35.6 Å². The van der Waals surface area contributed by atoms with E-state index in [1.54, 1.807) is 4.90 Å². The fourth-order valence-corrected chi connectivity index (χ4v) is 1.99. The lowest BCUT2D eigenvalue weighted by Crippen LogP contribution is -2.48. The molecule has 2 rings (SSSR count). The molecule has 7 heteroatoms. The number of halogens is 3. The fraction of sp³-hybridized carbons (Fsp3) is 0.462. The minimum atomic E-state index is -4.41. The van der Waals surface area contributed by atoms with Crippen molar-refractivity contribution in [2.75, 3.05) is 38.5 Å². The zero-order valence-corrected chi connectivity index (χ0v) is 11.1. The molecule has 4 nitrogen and oxygen atoms in total. The van der Waals surface area contributed by atoms with Gasteiger partial charge in [0, 0.05) is 31.9 Å². The predicted octanol–water partition coefficient (Wildman–Crippen LogP) is 2.48. The van der Waals surface area contributed by atoms with E-state index in [0.717, 1.165) is 25.2 Å². The maximum atomic E-state index is 12.6. The molecule has 20 heavy (non-hydrogen) atoms. The molecule has 0 aliphatic carbocycles. The molecule has 0 atom stereocenters. The molecule has 2 amide bonds. The monoisotopic (exact) mass is 287 g/mol. The first kappa shape index (κ1) is 14.6. The number of benzene rings is 1. The van der Waals surface area contributed by atoms with Gasteiger partial charge >= 0.3 is 12.2 Å². The van der Waals surface area contributed by atoms with Gasteiger partial charge in [-0.3, -0.25) is 0 Å². The van der Waals surface area contributed by atoms with E-state index in [1.807, 2.05) is 7.05 Å². The van der Waals surface area contributed by atoms with Crippen LogP contribution in [-0.2, 0) is 6.18 Å². The highest BCUT2D eigenvalue weighted by atomic mass is 19.4. The second-order valence-electron chi connectivity index (χ2n) is 4.80. The number of nitrogens with one attached hydrogen (secondary N) is 1. The Morgan fingerprint density at radius 2 is 1.85 bits per heavy atom. The smallest absolute Gasteiger partial charge is 0.322 e. The molecule has 0 bridgehead atoms. The van der Waals surface area contributed by atoms with E-state index in [9.17, 15) is 18.0 Å². The van der Waals surface area contributed by atoms with Crippen molar-refractivity contribution in [3.05, 3.63) is 29.8 Å². The van der Waals surface area contributed by atoms with Gasteiger partial charge < -0.3 is 15.1 Å². The molecule has 1 aliphatic rings. The van der Waals surface area contributed by atoms with Gasteiger partial charge in [-0.1, -0.05) is 6.07 Å². The largest absolute Gasteiger partial charge is 0.416 e. The Labute approximate surface area is 115 Å². The first-order valence-electron chi connectivity index (χ1n) is 6.28. The van der Waals surface area contributed by atoms with Crippen molar-refractivity contribution in [2.24, 2.45) is 0 Å². The number of urea groups is 1. The van der Waals surface area contributed by atoms with Crippen molar-refractivity contribution in [1.29, 1.82) is 0 Å². The van der Waals surface area contributed by atoms with Crippen molar-refractivity contribution in [3.8, 4) is 0 Å². The van der Waals surface area contributed by atoms with Crippen LogP contribution in [0.15, 0.2) is 24.3 Å². The van der Waals surface area contributed by atoms with Crippen molar-refractivity contribution >= 4 is 11.7 Å². The van der Waals surface area contributed by atoms with Crippen LogP contribution >= 0.6 is 0 Å². The maximum absolute atomic E-state index is 12.6. The van der Waals surface area contributed by atoms with Crippen LogP contribution in [0, 0.1) is 0 Å². The summed E-state index contributed by atoms with van der Waals surface area (Å²) in [5, 5.41) is 2.51. The van der Waals surface area contributed by atoms with Gasteiger partial charge in [0.2, 0.25) is 0 Å². The molecule has 0 unspecified atom stereocenters. The number of amides is 2. The first-order valence-corrected chi connectivity index (χ1v) is 6.28. The third-order valence-electron chi connectivity index (χ3n) is 3.23. The average molecular weight is 287 g/mol. The minimum Gasteiger partial charge on any atom is -0.322 e. The highest BCUT2D eigenvalue weighted by molar-refractivity contribution is 5.89. The number of nitrogens with zero attached hydrogens (tertiary/aromatic N) is 2. The third kappa shape index (κ3) is 3.63. The van der Waals surface area contributed by atoms with Gasteiger partial charge in [-0.2, -0.15) is 13.2 Å². The zero-order valence-electron chi connectivity index (χ0n) is 11.1. The average Bonchev–Trinajstić information content (AvgIpc) is 2.38. The summed E-state index contributed by atoms with van der Waals surface area (Å²) in [6.07, 6.45) is -4.41. The molecule has 0 saturated carbocycles. The predicted molar refractivity (Wildman–Crippen MR) is 69.5 cm³/mol. The molecule has 1 saturated heterocycles. The number of alkyl halides is 3. The van der Waals surface area contributed by atoms with Crippen molar-refractivity contribution in [2.45, 2.75) is 6.18 Å². The van der Waals surface area contributed by atoms with Gasteiger partial charge in [0.15, 0.2) is 0 Å². The molecule has 1 heterocycles. The number of likely N-dealkylation sites (N-methyl/N-ethyl adjacent to an activating group) is 1. The SMILES string of the molecule is CN1CCN(C(=O)Nc2cccc(C(F)(F)F)c2)CC1. The Morgan fingerprint density at radius 3 is 2.45 bits per heavy atom. The molecule has 1 N–H and O–H groups in total. The molecule has 0 aromatic heterocycles. The van der Waals surface area contributed by atoms with Gasteiger partial charge in [-0.25, -0.2) is 4.79 Å². The molecule has 1 aromatic rings. The van der Waals surface area contributed by atoms with E-state index >= 15 is 0 Å². The molecule has 1 fully saturated rings. The van der Waals surface area contributed by atoms with E-state index in [4.69, 9.17) is 0 Å². The van der Waals surface area contributed by atoms with E-state index in [2.05, 4.69) is 10.2 Å². The molecular formula is C13H16F3N3O. The quantitative estimate of drug-likeness (QED) is 0.861. The summed E-state index contributed by atoms with van der Waals surface area (Å²) in [5.74, 6) is 0. The number of anilines is 1. The number of piperazine rings is 1. The summed E-state index contributed by atoms with van der Waals surface area (Å²) in [6, 6.07) is 4.28. The Bertz CT molecular complexity index is 482. The van der Waals surface area contributed by atoms with Crippen LogP contribution < -0.4 is 5.32 Å². The number of hydrogen-bond donors (Lipinski definition) is 1. The molecule has 110 valence electrons. The van der Waals surface area contributed by atoms with Crippen LogP contribution in [0.3, 0.4) is 0 Å².